The molecule has 20 heavy (non-hydrogen) atoms. The maximum Gasteiger partial charge on any atom is 0.415 e. The van der Waals surface area contributed by atoms with E-state index in [1.165, 1.54) is 4.90 Å². The lowest BCUT2D eigenvalue weighted by atomic mass is 9.97. The number of ether oxygens (including phenoxy) is 1. The molecule has 0 spiro atoms. The molecular formula is C15H19BrFNO2. The second-order valence-electron chi connectivity index (χ2n) is 6.11. The highest BCUT2D eigenvalue weighted by Crippen LogP contribution is 2.37. The Balaban J connectivity index is 2.44. The summed E-state index contributed by atoms with van der Waals surface area (Å²) >= 11 is 3.18. The molecule has 0 aliphatic carbocycles. The molecule has 0 bridgehead atoms. The normalized spacial score (nSPS) is 18.7. The van der Waals surface area contributed by atoms with Gasteiger partial charge in [0, 0.05) is 6.04 Å². The van der Waals surface area contributed by atoms with Crippen molar-refractivity contribution in [2.75, 3.05) is 4.90 Å². The van der Waals surface area contributed by atoms with Crippen molar-refractivity contribution >= 4 is 27.7 Å². The molecule has 1 aliphatic rings. The maximum absolute atomic E-state index is 14.4. The zero-order valence-electron chi connectivity index (χ0n) is 12.2. The lowest BCUT2D eigenvalue weighted by molar-refractivity contribution is 0.0562. The van der Waals surface area contributed by atoms with E-state index >= 15 is 0 Å². The average molecular weight is 344 g/mol. The Morgan fingerprint density at radius 3 is 2.70 bits per heavy atom. The minimum absolute atomic E-state index is 0.0823. The number of rotatable bonds is 0. The number of nitrogens with zero attached hydrogens (tertiary/aromatic N) is 1. The number of anilines is 1. The van der Waals surface area contributed by atoms with Crippen LogP contribution < -0.4 is 4.90 Å². The van der Waals surface area contributed by atoms with Crippen molar-refractivity contribution in [2.24, 2.45) is 0 Å². The van der Waals surface area contributed by atoms with Crippen molar-refractivity contribution in [1.29, 1.82) is 0 Å². The van der Waals surface area contributed by atoms with E-state index in [0.717, 1.165) is 18.4 Å². The van der Waals surface area contributed by atoms with Gasteiger partial charge >= 0.3 is 6.09 Å². The monoisotopic (exact) mass is 343 g/mol. The van der Waals surface area contributed by atoms with Crippen LogP contribution in [-0.2, 0) is 11.2 Å². The lowest BCUT2D eigenvalue weighted by Crippen LogP contribution is -2.45. The quantitative estimate of drug-likeness (QED) is 0.685. The fourth-order valence-electron chi connectivity index (χ4n) is 2.34. The first-order valence-corrected chi connectivity index (χ1v) is 7.49. The molecule has 1 heterocycles. The third-order valence-electron chi connectivity index (χ3n) is 3.26. The highest BCUT2D eigenvalue weighted by molar-refractivity contribution is 9.10. The molecule has 0 saturated heterocycles. The van der Waals surface area contributed by atoms with Crippen molar-refractivity contribution in [3.63, 3.8) is 0 Å². The number of aryl methyl sites for hydroxylation is 1. The van der Waals surface area contributed by atoms with Crippen LogP contribution in [0.25, 0.3) is 0 Å². The first kappa shape index (κ1) is 15.3. The van der Waals surface area contributed by atoms with E-state index in [-0.39, 0.29) is 6.04 Å². The Morgan fingerprint density at radius 1 is 1.45 bits per heavy atom. The van der Waals surface area contributed by atoms with Crippen LogP contribution >= 0.6 is 15.9 Å². The van der Waals surface area contributed by atoms with Gasteiger partial charge in [-0.2, -0.15) is 0 Å². The van der Waals surface area contributed by atoms with E-state index in [4.69, 9.17) is 4.74 Å². The third-order valence-corrected chi connectivity index (χ3v) is 3.87. The highest BCUT2D eigenvalue weighted by Gasteiger charge is 2.34. The van der Waals surface area contributed by atoms with Crippen molar-refractivity contribution in [1.82, 2.24) is 0 Å². The number of halogens is 2. The van der Waals surface area contributed by atoms with Crippen LogP contribution in [0.2, 0.25) is 0 Å². The van der Waals surface area contributed by atoms with Gasteiger partial charge in [-0.1, -0.05) is 6.07 Å². The minimum Gasteiger partial charge on any atom is -0.443 e. The zero-order chi connectivity index (χ0) is 15.1. The number of hydrogen-bond acceptors (Lipinski definition) is 2. The second-order valence-corrected chi connectivity index (χ2v) is 6.96. The number of carbonyl (C=O) groups excluding carboxylic acids is 1. The van der Waals surface area contributed by atoms with Gasteiger partial charge in [0.2, 0.25) is 0 Å². The molecule has 0 radical (unpaired) electrons. The fraction of sp³-hybridized carbons (Fsp3) is 0.533. The Kier molecular flexibility index (Phi) is 4.09. The average Bonchev–Trinajstić information content (AvgIpc) is 2.32. The van der Waals surface area contributed by atoms with Gasteiger partial charge in [0.15, 0.2) is 5.82 Å². The summed E-state index contributed by atoms with van der Waals surface area (Å²) in [6.45, 7) is 7.32. The summed E-state index contributed by atoms with van der Waals surface area (Å²) in [7, 11) is 0. The largest absolute Gasteiger partial charge is 0.443 e. The third kappa shape index (κ3) is 2.97. The van der Waals surface area contributed by atoms with Crippen molar-refractivity contribution in [3.8, 4) is 0 Å². The Labute approximate surface area is 127 Å². The van der Waals surface area contributed by atoms with Gasteiger partial charge < -0.3 is 4.74 Å². The van der Waals surface area contributed by atoms with Gasteiger partial charge in [0.05, 0.1) is 10.2 Å². The Bertz CT molecular complexity index is 539. The van der Waals surface area contributed by atoms with E-state index < -0.39 is 17.5 Å². The molecule has 0 saturated carbocycles. The van der Waals surface area contributed by atoms with Crippen LogP contribution in [0.4, 0.5) is 14.9 Å². The SMILES string of the molecule is CC1CCc2ccc(Br)c(F)c2N1C(=O)OC(C)(C)C. The second kappa shape index (κ2) is 5.35. The molecule has 0 N–H and O–H groups in total. The summed E-state index contributed by atoms with van der Waals surface area (Å²) in [5, 5.41) is 0. The topological polar surface area (TPSA) is 29.5 Å². The standard InChI is InChI=1S/C15H19BrFNO2/c1-9-5-6-10-7-8-11(16)12(17)13(10)18(9)14(19)20-15(2,3)4/h7-9H,5-6H2,1-4H3. The molecule has 2 rings (SSSR count). The summed E-state index contributed by atoms with van der Waals surface area (Å²) in [5.41, 5.74) is 0.582. The predicted octanol–water partition coefficient (Wildman–Crippen LogP) is 4.66. The van der Waals surface area contributed by atoms with Crippen LogP contribution in [0.3, 0.4) is 0 Å². The van der Waals surface area contributed by atoms with Crippen LogP contribution in [0.15, 0.2) is 16.6 Å². The van der Waals surface area contributed by atoms with Crippen molar-refractivity contribution in [2.45, 2.75) is 52.2 Å². The van der Waals surface area contributed by atoms with Crippen LogP contribution in [-0.4, -0.2) is 17.7 Å². The van der Waals surface area contributed by atoms with E-state index in [9.17, 15) is 9.18 Å². The van der Waals surface area contributed by atoms with Gasteiger partial charge in [-0.05, 0) is 68.1 Å². The first-order chi connectivity index (χ1) is 9.20. The molecule has 3 nitrogen and oxygen atoms in total. The molecule has 5 heteroatoms. The first-order valence-electron chi connectivity index (χ1n) is 6.70. The summed E-state index contributed by atoms with van der Waals surface area (Å²) in [6.07, 6.45) is 1.07. The highest BCUT2D eigenvalue weighted by atomic mass is 79.9. The Hall–Kier alpha value is -1.10. The van der Waals surface area contributed by atoms with E-state index in [1.54, 1.807) is 26.8 Å². The number of amides is 1. The molecule has 0 aromatic heterocycles. The van der Waals surface area contributed by atoms with Crippen LogP contribution in [0.1, 0.15) is 39.7 Å². The summed E-state index contributed by atoms with van der Waals surface area (Å²) in [6, 6.07) is 3.45. The molecule has 1 aliphatic heterocycles. The van der Waals surface area contributed by atoms with Crippen LogP contribution in [0.5, 0.6) is 0 Å². The van der Waals surface area contributed by atoms with Crippen molar-refractivity contribution in [3.05, 3.63) is 28.0 Å². The van der Waals surface area contributed by atoms with Crippen LogP contribution in [0, 0.1) is 5.82 Å². The zero-order valence-corrected chi connectivity index (χ0v) is 13.8. The molecule has 1 aromatic rings. The van der Waals surface area contributed by atoms with E-state index in [0.29, 0.717) is 10.2 Å². The summed E-state index contributed by atoms with van der Waals surface area (Å²) in [4.78, 5) is 13.8. The fourth-order valence-corrected chi connectivity index (χ4v) is 2.66. The summed E-state index contributed by atoms with van der Waals surface area (Å²) < 4.78 is 20.2. The van der Waals surface area contributed by atoms with E-state index in [1.807, 2.05) is 13.0 Å². The number of fused-ring (bicyclic) bond motifs is 1. The van der Waals surface area contributed by atoms with Gasteiger partial charge in [-0.15, -0.1) is 0 Å². The number of benzene rings is 1. The summed E-state index contributed by atoms with van der Waals surface area (Å²) in [5.74, 6) is -0.403. The molecular weight excluding hydrogens is 325 g/mol. The maximum atomic E-state index is 14.4. The molecule has 110 valence electrons. The van der Waals surface area contributed by atoms with Gasteiger partial charge in [-0.3, -0.25) is 4.90 Å². The number of hydrogen-bond donors (Lipinski definition) is 0. The predicted molar refractivity (Wildman–Crippen MR) is 80.6 cm³/mol. The van der Waals surface area contributed by atoms with Crippen molar-refractivity contribution < 1.29 is 13.9 Å². The van der Waals surface area contributed by atoms with Gasteiger partial charge in [0.1, 0.15) is 5.60 Å². The number of carbonyl (C=O) groups is 1. The minimum atomic E-state index is -0.600. The molecule has 0 fully saturated rings. The molecule has 1 atom stereocenters. The Morgan fingerprint density at radius 2 is 2.10 bits per heavy atom. The van der Waals surface area contributed by atoms with E-state index in [2.05, 4.69) is 15.9 Å². The lowest BCUT2D eigenvalue weighted by Gasteiger charge is -2.36. The molecule has 1 unspecified atom stereocenters. The smallest absolute Gasteiger partial charge is 0.415 e. The molecule has 1 amide bonds. The molecule has 1 aromatic carbocycles. The van der Waals surface area contributed by atoms with Gasteiger partial charge in [0.25, 0.3) is 0 Å². The van der Waals surface area contributed by atoms with Gasteiger partial charge in [-0.25, -0.2) is 9.18 Å².